The number of ether oxygens (including phenoxy) is 1. The Morgan fingerprint density at radius 1 is 1.16 bits per heavy atom. The predicted molar refractivity (Wildman–Crippen MR) is 74.6 cm³/mol. The fourth-order valence-electron chi connectivity index (χ4n) is 1.78. The zero-order chi connectivity index (χ0) is 13.8. The maximum absolute atomic E-state index is 13.9. The van der Waals surface area contributed by atoms with E-state index in [1.807, 2.05) is 18.4 Å². The van der Waals surface area contributed by atoms with Crippen LogP contribution < -0.4 is 4.74 Å². The highest BCUT2D eigenvalue weighted by Crippen LogP contribution is 2.25. The molecule has 0 radical (unpaired) electrons. The second kappa shape index (κ2) is 5.89. The van der Waals surface area contributed by atoms with Gasteiger partial charge in [-0.1, -0.05) is 12.1 Å². The van der Waals surface area contributed by atoms with E-state index in [-0.39, 0.29) is 11.3 Å². The van der Waals surface area contributed by atoms with Crippen molar-refractivity contribution in [1.29, 1.82) is 0 Å². The van der Waals surface area contributed by atoms with Gasteiger partial charge in [-0.3, -0.25) is 4.79 Å². The molecule has 0 aliphatic rings. The second-order valence-corrected chi connectivity index (χ2v) is 4.72. The van der Waals surface area contributed by atoms with Crippen molar-refractivity contribution in [2.45, 2.75) is 4.90 Å². The van der Waals surface area contributed by atoms with Crippen LogP contribution in [-0.2, 0) is 0 Å². The van der Waals surface area contributed by atoms with Crippen LogP contribution in [0.2, 0.25) is 0 Å². The van der Waals surface area contributed by atoms with Gasteiger partial charge in [-0.25, -0.2) is 4.39 Å². The van der Waals surface area contributed by atoms with E-state index in [0.29, 0.717) is 11.3 Å². The van der Waals surface area contributed by atoms with E-state index in [4.69, 9.17) is 4.74 Å². The number of hydrogen-bond acceptors (Lipinski definition) is 3. The number of thioether (sulfide) groups is 1. The molecular formula is C15H13FO2S. The van der Waals surface area contributed by atoms with Gasteiger partial charge in [-0.2, -0.15) is 0 Å². The molecular weight excluding hydrogens is 263 g/mol. The predicted octanol–water partition coefficient (Wildman–Crippen LogP) is 3.79. The van der Waals surface area contributed by atoms with E-state index in [2.05, 4.69) is 0 Å². The topological polar surface area (TPSA) is 26.3 Å². The van der Waals surface area contributed by atoms with Gasteiger partial charge in [0.2, 0.25) is 0 Å². The highest BCUT2D eigenvalue weighted by Gasteiger charge is 2.17. The van der Waals surface area contributed by atoms with E-state index in [1.54, 1.807) is 18.2 Å². The van der Waals surface area contributed by atoms with Gasteiger partial charge in [-0.15, -0.1) is 11.8 Å². The molecule has 0 amide bonds. The number of hydrogen-bond donors (Lipinski definition) is 0. The molecule has 2 rings (SSSR count). The maximum Gasteiger partial charge on any atom is 0.197 e. The number of carbonyl (C=O) groups is 1. The first kappa shape index (κ1) is 13.6. The summed E-state index contributed by atoms with van der Waals surface area (Å²) in [7, 11) is 1.46. The summed E-state index contributed by atoms with van der Waals surface area (Å²) in [5.41, 5.74) is 0.571. The van der Waals surface area contributed by atoms with Crippen LogP contribution in [0.25, 0.3) is 0 Å². The first-order valence-electron chi connectivity index (χ1n) is 5.68. The van der Waals surface area contributed by atoms with E-state index in [0.717, 1.165) is 4.90 Å². The molecule has 0 heterocycles. The lowest BCUT2D eigenvalue weighted by Crippen LogP contribution is -2.05. The van der Waals surface area contributed by atoms with Gasteiger partial charge in [0.05, 0.1) is 12.7 Å². The molecule has 0 aromatic heterocycles. The van der Waals surface area contributed by atoms with Crippen molar-refractivity contribution in [2.24, 2.45) is 0 Å². The molecule has 2 aromatic carbocycles. The van der Waals surface area contributed by atoms with E-state index >= 15 is 0 Å². The fraction of sp³-hybridized carbons (Fsp3) is 0.133. The molecule has 0 spiro atoms. The molecule has 0 atom stereocenters. The Morgan fingerprint density at radius 3 is 2.53 bits per heavy atom. The number of ketones is 1. The third-order valence-electron chi connectivity index (χ3n) is 2.77. The normalized spacial score (nSPS) is 10.3. The minimum absolute atomic E-state index is 0.0577. The lowest BCUT2D eigenvalue weighted by Gasteiger charge is -2.08. The Morgan fingerprint density at radius 2 is 1.89 bits per heavy atom. The average Bonchev–Trinajstić information content (AvgIpc) is 2.46. The number of benzene rings is 2. The fourth-order valence-corrected chi connectivity index (χ4v) is 2.38. The SMILES string of the molecule is COc1ccc(C(=O)c2ccccc2SC)c(F)c1. The van der Waals surface area contributed by atoms with Gasteiger partial charge in [0, 0.05) is 16.5 Å². The molecule has 98 valence electrons. The molecule has 0 saturated carbocycles. The molecule has 0 unspecified atom stereocenters. The molecule has 4 heteroatoms. The molecule has 0 aliphatic heterocycles. The van der Waals surface area contributed by atoms with Crippen LogP contribution in [0.4, 0.5) is 4.39 Å². The monoisotopic (exact) mass is 276 g/mol. The summed E-state index contributed by atoms with van der Waals surface area (Å²) in [5.74, 6) is -0.488. The molecule has 0 fully saturated rings. The second-order valence-electron chi connectivity index (χ2n) is 3.88. The summed E-state index contributed by atoms with van der Waals surface area (Å²) in [5, 5.41) is 0. The zero-order valence-corrected chi connectivity index (χ0v) is 11.5. The molecule has 19 heavy (non-hydrogen) atoms. The summed E-state index contributed by atoms with van der Waals surface area (Å²) in [4.78, 5) is 13.2. The Bertz CT molecular complexity index is 611. The third kappa shape index (κ3) is 2.79. The quantitative estimate of drug-likeness (QED) is 0.628. The minimum atomic E-state index is -0.569. The number of halogens is 1. The Kier molecular flexibility index (Phi) is 4.22. The lowest BCUT2D eigenvalue weighted by molar-refractivity contribution is 0.103. The summed E-state index contributed by atoms with van der Waals surface area (Å²) in [6.07, 6.45) is 1.89. The zero-order valence-electron chi connectivity index (χ0n) is 10.6. The summed E-state index contributed by atoms with van der Waals surface area (Å²) in [6, 6.07) is 11.4. The third-order valence-corrected chi connectivity index (χ3v) is 3.57. The van der Waals surface area contributed by atoms with Crippen LogP contribution in [-0.4, -0.2) is 19.1 Å². The average molecular weight is 276 g/mol. The smallest absolute Gasteiger partial charge is 0.197 e. The van der Waals surface area contributed by atoms with Gasteiger partial charge >= 0.3 is 0 Å². The van der Waals surface area contributed by atoms with Gasteiger partial charge < -0.3 is 4.74 Å². The van der Waals surface area contributed by atoms with Crippen molar-refractivity contribution < 1.29 is 13.9 Å². The molecule has 0 aliphatic carbocycles. The lowest BCUT2D eigenvalue weighted by atomic mass is 10.0. The van der Waals surface area contributed by atoms with Crippen LogP contribution in [0.3, 0.4) is 0 Å². The standard InChI is InChI=1S/C15H13FO2S/c1-18-10-7-8-11(13(16)9-10)15(17)12-5-3-4-6-14(12)19-2/h3-9H,1-2H3. The van der Waals surface area contributed by atoms with Crippen LogP contribution in [0, 0.1) is 5.82 Å². The van der Waals surface area contributed by atoms with Crippen molar-refractivity contribution in [3.63, 3.8) is 0 Å². The highest BCUT2D eigenvalue weighted by atomic mass is 32.2. The van der Waals surface area contributed by atoms with Crippen LogP contribution in [0.1, 0.15) is 15.9 Å². The van der Waals surface area contributed by atoms with Gasteiger partial charge in [0.1, 0.15) is 11.6 Å². The first-order chi connectivity index (χ1) is 9.17. The van der Waals surface area contributed by atoms with E-state index in [9.17, 15) is 9.18 Å². The van der Waals surface area contributed by atoms with Gasteiger partial charge in [0.25, 0.3) is 0 Å². The van der Waals surface area contributed by atoms with Crippen molar-refractivity contribution >= 4 is 17.5 Å². The molecule has 0 N–H and O–H groups in total. The summed E-state index contributed by atoms with van der Waals surface area (Å²) in [6.45, 7) is 0. The van der Waals surface area contributed by atoms with Crippen molar-refractivity contribution in [3.8, 4) is 5.75 Å². The van der Waals surface area contributed by atoms with Crippen LogP contribution in [0.15, 0.2) is 47.4 Å². The largest absolute Gasteiger partial charge is 0.497 e. The molecule has 0 saturated heterocycles. The Labute approximate surface area is 115 Å². The van der Waals surface area contributed by atoms with E-state index < -0.39 is 5.82 Å². The Hall–Kier alpha value is -1.81. The van der Waals surface area contributed by atoms with Crippen molar-refractivity contribution in [3.05, 3.63) is 59.4 Å². The minimum Gasteiger partial charge on any atom is -0.497 e. The van der Waals surface area contributed by atoms with Crippen LogP contribution in [0.5, 0.6) is 5.75 Å². The van der Waals surface area contributed by atoms with Gasteiger partial charge in [0.15, 0.2) is 5.78 Å². The molecule has 2 aromatic rings. The summed E-state index contributed by atoms with van der Waals surface area (Å²) < 4.78 is 18.8. The van der Waals surface area contributed by atoms with Crippen molar-refractivity contribution in [2.75, 3.05) is 13.4 Å². The molecule has 2 nitrogen and oxygen atoms in total. The number of rotatable bonds is 4. The first-order valence-corrected chi connectivity index (χ1v) is 6.91. The van der Waals surface area contributed by atoms with Crippen LogP contribution >= 0.6 is 11.8 Å². The maximum atomic E-state index is 13.9. The summed E-state index contributed by atoms with van der Waals surface area (Å²) >= 11 is 1.46. The van der Waals surface area contributed by atoms with E-state index in [1.165, 1.54) is 31.0 Å². The molecule has 0 bridgehead atoms. The highest BCUT2D eigenvalue weighted by molar-refractivity contribution is 7.98. The van der Waals surface area contributed by atoms with Crippen molar-refractivity contribution in [1.82, 2.24) is 0 Å². The Balaban J connectivity index is 2.44. The van der Waals surface area contributed by atoms with Gasteiger partial charge in [-0.05, 0) is 30.5 Å². The number of carbonyl (C=O) groups excluding carboxylic acids is 1. The number of methoxy groups -OCH3 is 1.